The Hall–Kier alpha value is -3.67. The van der Waals surface area contributed by atoms with Crippen molar-refractivity contribution >= 4 is 23.4 Å². The minimum atomic E-state index is -0.485. The van der Waals surface area contributed by atoms with Crippen molar-refractivity contribution < 1.29 is 23.9 Å². The number of carbonyl (C=O) groups is 3. The van der Waals surface area contributed by atoms with Gasteiger partial charge in [-0.2, -0.15) is 0 Å². The van der Waals surface area contributed by atoms with Crippen molar-refractivity contribution in [2.75, 3.05) is 26.1 Å². The topological polar surface area (TPSA) is 81.7 Å². The molecule has 1 aromatic rings. The maximum absolute atomic E-state index is 12.8. The second kappa shape index (κ2) is 8.35. The SMILES string of the molecule is COC(=O)c1ccc(NCC(=O)c2cc(C(=O)OC)c3cccccc2-3)cc1. The van der Waals surface area contributed by atoms with Crippen molar-refractivity contribution in [3.63, 3.8) is 0 Å². The number of anilines is 1. The predicted octanol–water partition coefficient (Wildman–Crippen LogP) is 3.66. The second-order valence-corrected chi connectivity index (χ2v) is 6.05. The van der Waals surface area contributed by atoms with Gasteiger partial charge in [-0.25, -0.2) is 9.59 Å². The van der Waals surface area contributed by atoms with E-state index < -0.39 is 11.9 Å². The van der Waals surface area contributed by atoms with Gasteiger partial charge in [-0.3, -0.25) is 4.79 Å². The molecule has 2 aliphatic carbocycles. The lowest BCUT2D eigenvalue weighted by Gasteiger charge is -2.07. The first-order valence-corrected chi connectivity index (χ1v) is 8.60. The molecule has 0 unspecified atom stereocenters. The van der Waals surface area contributed by atoms with E-state index in [1.807, 2.05) is 18.2 Å². The van der Waals surface area contributed by atoms with Crippen LogP contribution in [0.5, 0.6) is 0 Å². The van der Waals surface area contributed by atoms with Crippen LogP contribution in [0.15, 0.2) is 60.7 Å². The average molecular weight is 377 g/mol. The van der Waals surface area contributed by atoms with Crippen LogP contribution in [-0.2, 0) is 9.47 Å². The summed E-state index contributed by atoms with van der Waals surface area (Å²) in [7, 11) is 2.63. The van der Waals surface area contributed by atoms with Gasteiger partial charge in [0.25, 0.3) is 0 Å². The van der Waals surface area contributed by atoms with Crippen molar-refractivity contribution in [2.24, 2.45) is 0 Å². The van der Waals surface area contributed by atoms with E-state index in [0.29, 0.717) is 33.5 Å². The average Bonchev–Trinajstić information content (AvgIpc) is 2.92. The molecule has 0 saturated heterocycles. The molecule has 1 aromatic carbocycles. The van der Waals surface area contributed by atoms with E-state index in [1.54, 1.807) is 42.5 Å². The van der Waals surface area contributed by atoms with Crippen LogP contribution in [0.2, 0.25) is 0 Å². The molecule has 0 fully saturated rings. The molecular weight excluding hydrogens is 358 g/mol. The fourth-order valence-electron chi connectivity index (χ4n) is 2.95. The number of carbonyl (C=O) groups excluding carboxylic acids is 3. The van der Waals surface area contributed by atoms with Crippen molar-refractivity contribution in [3.05, 3.63) is 77.4 Å². The highest BCUT2D eigenvalue weighted by Crippen LogP contribution is 2.32. The third-order valence-electron chi connectivity index (χ3n) is 4.37. The van der Waals surface area contributed by atoms with Crippen LogP contribution in [0.1, 0.15) is 31.1 Å². The number of hydrogen-bond donors (Lipinski definition) is 1. The molecule has 3 rings (SSSR count). The van der Waals surface area contributed by atoms with Crippen LogP contribution in [-0.4, -0.2) is 38.5 Å². The highest BCUT2D eigenvalue weighted by Gasteiger charge is 2.23. The van der Waals surface area contributed by atoms with Gasteiger partial charge < -0.3 is 14.8 Å². The zero-order valence-electron chi connectivity index (χ0n) is 15.5. The van der Waals surface area contributed by atoms with E-state index in [4.69, 9.17) is 4.74 Å². The Kier molecular flexibility index (Phi) is 5.69. The van der Waals surface area contributed by atoms with E-state index in [9.17, 15) is 14.4 Å². The van der Waals surface area contributed by atoms with Crippen molar-refractivity contribution in [1.29, 1.82) is 0 Å². The summed E-state index contributed by atoms with van der Waals surface area (Å²) in [4.78, 5) is 36.3. The van der Waals surface area contributed by atoms with E-state index in [1.165, 1.54) is 14.2 Å². The van der Waals surface area contributed by atoms with Crippen LogP contribution in [0.25, 0.3) is 11.1 Å². The number of ether oxygens (including phenoxy) is 2. The Morgan fingerprint density at radius 3 is 2.00 bits per heavy atom. The van der Waals surface area contributed by atoms with Crippen molar-refractivity contribution in [1.82, 2.24) is 0 Å². The standard InChI is InChI=1S/C22H19NO5/c1-27-21(25)14-8-10-15(11-9-14)23-13-20(24)18-12-19(22(26)28-2)17-7-5-3-4-6-16(17)18/h3-12,23H,13H2,1-2H3. The summed E-state index contributed by atoms with van der Waals surface area (Å²) in [5.41, 5.74) is 3.29. The van der Waals surface area contributed by atoms with Gasteiger partial charge in [-0.15, -0.1) is 0 Å². The number of hydrogen-bond acceptors (Lipinski definition) is 6. The number of nitrogens with one attached hydrogen (secondary N) is 1. The van der Waals surface area contributed by atoms with Crippen LogP contribution in [0, 0.1) is 0 Å². The summed E-state index contributed by atoms with van der Waals surface area (Å²) in [6.07, 6.45) is 0. The quantitative estimate of drug-likeness (QED) is 0.522. The molecular formula is C22H19NO5. The Morgan fingerprint density at radius 1 is 0.786 bits per heavy atom. The molecule has 0 heterocycles. The van der Waals surface area contributed by atoms with E-state index in [-0.39, 0.29) is 12.3 Å². The molecule has 0 amide bonds. The van der Waals surface area contributed by atoms with Crippen LogP contribution in [0.4, 0.5) is 5.69 Å². The summed E-state index contributed by atoms with van der Waals surface area (Å²) in [5, 5.41) is 3.03. The number of esters is 2. The minimum Gasteiger partial charge on any atom is -0.465 e. The van der Waals surface area contributed by atoms with Crippen molar-refractivity contribution in [3.8, 4) is 11.1 Å². The Morgan fingerprint density at radius 2 is 1.39 bits per heavy atom. The number of rotatable bonds is 6. The zero-order valence-corrected chi connectivity index (χ0v) is 15.5. The van der Waals surface area contributed by atoms with Gasteiger partial charge in [0.05, 0.1) is 31.9 Å². The molecule has 0 radical (unpaired) electrons. The third-order valence-corrected chi connectivity index (χ3v) is 4.37. The first-order valence-electron chi connectivity index (χ1n) is 8.60. The summed E-state index contributed by atoms with van der Waals surface area (Å²) >= 11 is 0. The van der Waals surface area contributed by atoms with E-state index >= 15 is 0 Å². The lowest BCUT2D eigenvalue weighted by atomic mass is 10.1. The number of benzene rings is 1. The summed E-state index contributed by atoms with van der Waals surface area (Å²) in [6, 6.07) is 17.3. The van der Waals surface area contributed by atoms with Crippen molar-refractivity contribution in [2.45, 2.75) is 0 Å². The Bertz CT molecular complexity index is 994. The van der Waals surface area contributed by atoms with Crippen LogP contribution in [0.3, 0.4) is 0 Å². The van der Waals surface area contributed by atoms with Crippen LogP contribution >= 0.6 is 0 Å². The molecule has 142 valence electrons. The van der Waals surface area contributed by atoms with Gasteiger partial charge in [0.15, 0.2) is 5.78 Å². The zero-order chi connectivity index (χ0) is 20.1. The number of fused-ring (bicyclic) bond motifs is 1. The smallest absolute Gasteiger partial charge is 0.338 e. The maximum atomic E-state index is 12.8. The molecule has 28 heavy (non-hydrogen) atoms. The Labute approximate surface area is 162 Å². The van der Waals surface area contributed by atoms with Gasteiger partial charge in [0.2, 0.25) is 0 Å². The summed E-state index contributed by atoms with van der Waals surface area (Å²) in [6.45, 7) is 0.0376. The normalized spacial score (nSPS) is 10.4. The molecule has 0 aliphatic heterocycles. The van der Waals surface area contributed by atoms with E-state index in [2.05, 4.69) is 10.1 Å². The number of methoxy groups -OCH3 is 2. The number of Topliss-reactive ketones (excluding diaryl/α,β-unsaturated/α-hetero) is 1. The molecule has 1 N–H and O–H groups in total. The molecule has 0 aromatic heterocycles. The lowest BCUT2D eigenvalue weighted by molar-refractivity contribution is 0.0592. The molecule has 2 aliphatic rings. The van der Waals surface area contributed by atoms with Gasteiger partial charge >= 0.3 is 11.9 Å². The molecule has 0 atom stereocenters. The van der Waals surface area contributed by atoms with Gasteiger partial charge in [-0.1, -0.05) is 30.3 Å². The van der Waals surface area contributed by atoms with Crippen LogP contribution < -0.4 is 5.32 Å². The fourth-order valence-corrected chi connectivity index (χ4v) is 2.95. The third kappa shape index (κ3) is 3.86. The van der Waals surface area contributed by atoms with E-state index in [0.717, 1.165) is 0 Å². The van der Waals surface area contributed by atoms with Gasteiger partial charge in [0.1, 0.15) is 0 Å². The summed E-state index contributed by atoms with van der Waals surface area (Å²) in [5.74, 6) is -1.07. The summed E-state index contributed by atoms with van der Waals surface area (Å²) < 4.78 is 9.49. The molecule has 0 saturated carbocycles. The van der Waals surface area contributed by atoms with Gasteiger partial charge in [0, 0.05) is 11.3 Å². The molecule has 0 bridgehead atoms. The fraction of sp³-hybridized carbons (Fsp3) is 0.136. The first-order chi connectivity index (χ1) is 13.5. The second-order valence-electron chi connectivity index (χ2n) is 6.05. The minimum absolute atomic E-state index is 0.0376. The maximum Gasteiger partial charge on any atom is 0.338 e. The highest BCUT2D eigenvalue weighted by atomic mass is 16.5. The predicted molar refractivity (Wildman–Crippen MR) is 105 cm³/mol. The number of ketones is 1. The largest absolute Gasteiger partial charge is 0.465 e. The lowest BCUT2D eigenvalue weighted by Crippen LogP contribution is -2.14. The molecule has 6 nitrogen and oxygen atoms in total. The Balaban J connectivity index is 1.80. The molecule has 0 spiro atoms. The highest BCUT2D eigenvalue weighted by molar-refractivity contribution is 6.11. The van der Waals surface area contributed by atoms with Gasteiger partial charge in [-0.05, 0) is 41.5 Å². The first kappa shape index (κ1) is 19.1. The monoisotopic (exact) mass is 377 g/mol. The molecule has 6 heteroatoms.